The molecule has 2 nitrogen and oxygen atoms in total. The maximum atomic E-state index is 4.35. The summed E-state index contributed by atoms with van der Waals surface area (Å²) >= 11 is 0. The van der Waals surface area contributed by atoms with Gasteiger partial charge in [0.15, 0.2) is 0 Å². The van der Waals surface area contributed by atoms with E-state index >= 15 is 0 Å². The summed E-state index contributed by atoms with van der Waals surface area (Å²) in [5.74, 6) is 0. The molecule has 1 aromatic heterocycles. The van der Waals surface area contributed by atoms with E-state index in [0.29, 0.717) is 5.41 Å². The molecule has 3 rings (SSSR count). The lowest BCUT2D eigenvalue weighted by atomic mass is 10.0. The first-order valence-electron chi connectivity index (χ1n) is 4.30. The van der Waals surface area contributed by atoms with E-state index in [4.69, 9.17) is 0 Å². The molecular formula is C9H12N2. The highest BCUT2D eigenvalue weighted by Crippen LogP contribution is 2.53. The molecule has 11 heavy (non-hydrogen) atoms. The molecule has 1 spiro atoms. The average molecular weight is 148 g/mol. The minimum Gasteiger partial charge on any atom is -0.269 e. The van der Waals surface area contributed by atoms with Gasteiger partial charge in [-0.05, 0) is 37.2 Å². The van der Waals surface area contributed by atoms with Crippen molar-refractivity contribution in [3.63, 3.8) is 0 Å². The number of hydrogen-bond donors (Lipinski definition) is 0. The molecule has 0 amide bonds. The third-order valence-corrected chi connectivity index (χ3v) is 3.14. The van der Waals surface area contributed by atoms with Crippen molar-refractivity contribution in [3.8, 4) is 0 Å². The Bertz CT molecular complexity index is 307. The smallest absolute Gasteiger partial charge is 0.0521 e. The molecule has 58 valence electrons. The van der Waals surface area contributed by atoms with E-state index < -0.39 is 0 Å². The Morgan fingerprint density at radius 2 is 2.36 bits per heavy atom. The lowest BCUT2D eigenvalue weighted by Gasteiger charge is -2.00. The predicted molar refractivity (Wildman–Crippen MR) is 42.3 cm³/mol. The number of aryl methyl sites for hydroxylation is 1. The van der Waals surface area contributed by atoms with Crippen molar-refractivity contribution in [1.82, 2.24) is 9.78 Å². The van der Waals surface area contributed by atoms with Gasteiger partial charge in [-0.25, -0.2) is 0 Å². The van der Waals surface area contributed by atoms with Crippen molar-refractivity contribution in [1.29, 1.82) is 0 Å². The highest BCUT2D eigenvalue weighted by Gasteiger charge is 2.48. The number of aromatic nitrogens is 2. The highest BCUT2D eigenvalue weighted by atomic mass is 15.3. The average Bonchev–Trinajstić information content (AvgIpc) is 2.48. The van der Waals surface area contributed by atoms with Gasteiger partial charge in [-0.2, -0.15) is 5.10 Å². The molecule has 0 radical (unpaired) electrons. The minimum atomic E-state index is 0.675. The van der Waals surface area contributed by atoms with Crippen molar-refractivity contribution in [3.05, 3.63) is 17.5 Å². The number of nitrogens with zero attached hydrogens (tertiary/aromatic N) is 2. The number of fused-ring (bicyclic) bond motifs is 1. The molecule has 1 aromatic rings. The van der Waals surface area contributed by atoms with Gasteiger partial charge >= 0.3 is 0 Å². The molecule has 1 fully saturated rings. The summed E-state index contributed by atoms with van der Waals surface area (Å²) in [6, 6.07) is 0. The normalized spacial score (nSPS) is 24.1. The predicted octanol–water partition coefficient (Wildman–Crippen LogP) is 1.53. The molecule has 1 aliphatic carbocycles. The van der Waals surface area contributed by atoms with Crippen LogP contribution in [0.2, 0.25) is 0 Å². The standard InChI is InChI=1S/C9H12N2/c1-7-5-10-11-6-9(2-3-9)4-8(7)11/h5H,2-4,6H2,1H3. The van der Waals surface area contributed by atoms with Crippen LogP contribution in [0.5, 0.6) is 0 Å². The highest BCUT2D eigenvalue weighted by molar-refractivity contribution is 5.23. The second-order valence-electron chi connectivity index (χ2n) is 4.11. The number of rotatable bonds is 0. The van der Waals surface area contributed by atoms with Crippen LogP contribution in [0.15, 0.2) is 6.20 Å². The second-order valence-corrected chi connectivity index (χ2v) is 4.11. The maximum Gasteiger partial charge on any atom is 0.0521 e. The van der Waals surface area contributed by atoms with Crippen LogP contribution in [0.25, 0.3) is 0 Å². The van der Waals surface area contributed by atoms with Gasteiger partial charge in [-0.1, -0.05) is 0 Å². The van der Waals surface area contributed by atoms with E-state index in [1.165, 1.54) is 37.1 Å². The Labute approximate surface area is 66.2 Å². The van der Waals surface area contributed by atoms with Crippen LogP contribution in [-0.2, 0) is 13.0 Å². The van der Waals surface area contributed by atoms with Gasteiger partial charge in [0.05, 0.1) is 6.20 Å². The second kappa shape index (κ2) is 1.52. The van der Waals surface area contributed by atoms with Crippen LogP contribution >= 0.6 is 0 Å². The summed E-state index contributed by atoms with van der Waals surface area (Å²) in [6.07, 6.45) is 6.13. The van der Waals surface area contributed by atoms with Crippen LogP contribution in [0.4, 0.5) is 0 Å². The van der Waals surface area contributed by atoms with Crippen molar-refractivity contribution in [2.24, 2.45) is 5.41 Å². The molecule has 2 heterocycles. The van der Waals surface area contributed by atoms with Gasteiger partial charge in [0.1, 0.15) is 0 Å². The summed E-state index contributed by atoms with van der Waals surface area (Å²) in [5, 5.41) is 4.35. The largest absolute Gasteiger partial charge is 0.269 e. The zero-order valence-corrected chi connectivity index (χ0v) is 6.80. The Kier molecular flexibility index (Phi) is 0.803. The Balaban J connectivity index is 2.09. The van der Waals surface area contributed by atoms with Crippen LogP contribution in [0, 0.1) is 12.3 Å². The lowest BCUT2D eigenvalue weighted by molar-refractivity contribution is 0.471. The summed E-state index contributed by atoms with van der Waals surface area (Å²) < 4.78 is 2.20. The molecule has 0 aromatic carbocycles. The van der Waals surface area contributed by atoms with Crippen LogP contribution in [0.1, 0.15) is 24.1 Å². The van der Waals surface area contributed by atoms with Crippen molar-refractivity contribution < 1.29 is 0 Å². The van der Waals surface area contributed by atoms with Gasteiger partial charge in [0.25, 0.3) is 0 Å². The molecule has 0 unspecified atom stereocenters. The zero-order valence-electron chi connectivity index (χ0n) is 6.80. The van der Waals surface area contributed by atoms with Crippen molar-refractivity contribution in [2.75, 3.05) is 0 Å². The third-order valence-electron chi connectivity index (χ3n) is 3.14. The van der Waals surface area contributed by atoms with Crippen molar-refractivity contribution in [2.45, 2.75) is 32.7 Å². The minimum absolute atomic E-state index is 0.675. The summed E-state index contributed by atoms with van der Waals surface area (Å²) in [7, 11) is 0. The SMILES string of the molecule is Cc1cnn2c1CC1(CC1)C2. The van der Waals surface area contributed by atoms with E-state index in [2.05, 4.69) is 16.7 Å². The molecule has 0 N–H and O–H groups in total. The quantitative estimate of drug-likeness (QED) is 0.545. The monoisotopic (exact) mass is 148 g/mol. The van der Waals surface area contributed by atoms with Gasteiger partial charge < -0.3 is 0 Å². The molecule has 1 aliphatic heterocycles. The third kappa shape index (κ3) is 0.647. The maximum absolute atomic E-state index is 4.35. The molecule has 2 heteroatoms. The molecule has 1 saturated carbocycles. The Morgan fingerprint density at radius 1 is 1.55 bits per heavy atom. The molecular weight excluding hydrogens is 136 g/mol. The summed E-state index contributed by atoms with van der Waals surface area (Å²) in [5.41, 5.74) is 3.55. The topological polar surface area (TPSA) is 17.8 Å². The molecule has 0 atom stereocenters. The first kappa shape index (κ1) is 5.81. The fraction of sp³-hybridized carbons (Fsp3) is 0.667. The van der Waals surface area contributed by atoms with Crippen LogP contribution in [-0.4, -0.2) is 9.78 Å². The van der Waals surface area contributed by atoms with Gasteiger partial charge in [-0.3, -0.25) is 4.68 Å². The van der Waals surface area contributed by atoms with E-state index in [9.17, 15) is 0 Å². The van der Waals surface area contributed by atoms with E-state index in [1.807, 2.05) is 6.20 Å². The molecule has 0 saturated heterocycles. The summed E-state index contributed by atoms with van der Waals surface area (Å²) in [6.45, 7) is 3.36. The van der Waals surface area contributed by atoms with E-state index in [1.54, 1.807) is 0 Å². The fourth-order valence-corrected chi connectivity index (χ4v) is 2.11. The van der Waals surface area contributed by atoms with E-state index in [-0.39, 0.29) is 0 Å². The van der Waals surface area contributed by atoms with Gasteiger partial charge in [0.2, 0.25) is 0 Å². The summed E-state index contributed by atoms with van der Waals surface area (Å²) in [4.78, 5) is 0. The van der Waals surface area contributed by atoms with Crippen LogP contribution < -0.4 is 0 Å². The first-order valence-corrected chi connectivity index (χ1v) is 4.30. The zero-order chi connectivity index (χ0) is 7.47. The van der Waals surface area contributed by atoms with Gasteiger partial charge in [0, 0.05) is 12.2 Å². The fourth-order valence-electron chi connectivity index (χ4n) is 2.11. The van der Waals surface area contributed by atoms with Crippen LogP contribution in [0.3, 0.4) is 0 Å². The van der Waals surface area contributed by atoms with Crippen molar-refractivity contribution >= 4 is 0 Å². The Morgan fingerprint density at radius 3 is 3.00 bits per heavy atom. The lowest BCUT2D eigenvalue weighted by Crippen LogP contribution is -2.02. The van der Waals surface area contributed by atoms with Gasteiger partial charge in [-0.15, -0.1) is 0 Å². The Hall–Kier alpha value is -0.790. The molecule has 0 bridgehead atoms. The number of hydrogen-bond acceptors (Lipinski definition) is 1. The first-order chi connectivity index (χ1) is 5.29. The molecule has 2 aliphatic rings. The van der Waals surface area contributed by atoms with E-state index in [0.717, 1.165) is 0 Å².